The molecule has 2 heterocycles. The summed E-state index contributed by atoms with van der Waals surface area (Å²) in [7, 11) is 0. The van der Waals surface area contributed by atoms with Gasteiger partial charge in [0.15, 0.2) is 5.15 Å². The molecule has 3 nitrogen and oxygen atoms in total. The molecule has 2 aromatic rings. The molecule has 0 aliphatic carbocycles. The van der Waals surface area contributed by atoms with E-state index in [2.05, 4.69) is 23.9 Å². The Morgan fingerprint density at radius 3 is 2.60 bits per heavy atom. The lowest BCUT2D eigenvalue weighted by Crippen LogP contribution is -1.95. The van der Waals surface area contributed by atoms with Gasteiger partial charge in [0.2, 0.25) is 0 Å². The zero-order chi connectivity index (χ0) is 11.2. The second kappa shape index (κ2) is 3.65. The summed E-state index contributed by atoms with van der Waals surface area (Å²) in [5.41, 5.74) is 1.82. The van der Waals surface area contributed by atoms with Gasteiger partial charge in [-0.1, -0.05) is 37.0 Å². The first-order valence-corrected chi connectivity index (χ1v) is 5.47. The second-order valence-corrected chi connectivity index (χ2v) is 4.57. The summed E-state index contributed by atoms with van der Waals surface area (Å²) in [6.07, 6.45) is 0. The van der Waals surface area contributed by atoms with E-state index >= 15 is 0 Å². The van der Waals surface area contributed by atoms with Crippen molar-refractivity contribution in [3.8, 4) is 0 Å². The van der Waals surface area contributed by atoms with Gasteiger partial charge in [-0.25, -0.2) is 9.50 Å². The predicted molar refractivity (Wildman–Crippen MR) is 61.8 cm³/mol. The minimum atomic E-state index is 0.314. The number of aromatic nitrogens is 3. The van der Waals surface area contributed by atoms with Crippen molar-refractivity contribution < 1.29 is 0 Å². The largest absolute Gasteiger partial charge is 0.236 e. The van der Waals surface area contributed by atoms with E-state index in [-0.39, 0.29) is 0 Å². The van der Waals surface area contributed by atoms with E-state index in [4.69, 9.17) is 23.2 Å². The third kappa shape index (κ3) is 1.70. The number of hydrogen-bond donors (Lipinski definition) is 0. The number of imidazole rings is 1. The molecule has 0 N–H and O–H groups in total. The molecule has 0 aliphatic heterocycles. The van der Waals surface area contributed by atoms with Gasteiger partial charge in [-0.15, -0.1) is 0 Å². The van der Waals surface area contributed by atoms with Crippen LogP contribution in [0.4, 0.5) is 0 Å². The number of hydrogen-bond acceptors (Lipinski definition) is 2. The Bertz CT molecular complexity index is 517. The molecule has 2 rings (SSSR count). The quantitative estimate of drug-likeness (QED) is 0.768. The standard InChI is InChI=1S/C10H11Cl2N3/c1-5(2)9-10-7(11)4-8(12)14-15(10)6(3)13-9/h4-5H,1-3H3. The van der Waals surface area contributed by atoms with Crippen molar-refractivity contribution >= 4 is 28.7 Å². The predicted octanol–water partition coefficient (Wildman–Crippen LogP) is 3.47. The van der Waals surface area contributed by atoms with Crippen LogP contribution < -0.4 is 0 Å². The van der Waals surface area contributed by atoms with Gasteiger partial charge in [-0.05, 0) is 18.9 Å². The van der Waals surface area contributed by atoms with Crippen LogP contribution in [-0.2, 0) is 0 Å². The van der Waals surface area contributed by atoms with Crippen molar-refractivity contribution in [3.05, 3.63) is 27.8 Å². The van der Waals surface area contributed by atoms with Crippen molar-refractivity contribution in [1.29, 1.82) is 0 Å². The van der Waals surface area contributed by atoms with Gasteiger partial charge in [0.25, 0.3) is 0 Å². The number of halogens is 2. The molecule has 2 aromatic heterocycles. The topological polar surface area (TPSA) is 30.2 Å². The minimum Gasteiger partial charge on any atom is -0.236 e. The van der Waals surface area contributed by atoms with Crippen molar-refractivity contribution in [2.45, 2.75) is 26.7 Å². The highest BCUT2D eigenvalue weighted by molar-refractivity contribution is 6.36. The zero-order valence-electron chi connectivity index (χ0n) is 8.75. The zero-order valence-corrected chi connectivity index (χ0v) is 10.3. The van der Waals surface area contributed by atoms with Gasteiger partial charge in [0, 0.05) is 0 Å². The molecule has 0 unspecified atom stereocenters. The molecule has 80 valence electrons. The Hall–Kier alpha value is -0.800. The average molecular weight is 244 g/mol. The summed E-state index contributed by atoms with van der Waals surface area (Å²) >= 11 is 12.0. The summed E-state index contributed by atoms with van der Waals surface area (Å²) in [4.78, 5) is 4.45. The Balaban J connectivity index is 2.87. The van der Waals surface area contributed by atoms with E-state index in [1.165, 1.54) is 0 Å². The van der Waals surface area contributed by atoms with E-state index in [1.807, 2.05) is 6.92 Å². The highest BCUT2D eigenvalue weighted by atomic mass is 35.5. The molecule has 0 saturated heterocycles. The third-order valence-electron chi connectivity index (χ3n) is 2.26. The molecular formula is C10H11Cl2N3. The van der Waals surface area contributed by atoms with E-state index in [1.54, 1.807) is 10.6 Å². The lowest BCUT2D eigenvalue weighted by molar-refractivity contribution is 0.834. The van der Waals surface area contributed by atoms with Crippen LogP contribution in [-0.4, -0.2) is 14.6 Å². The Morgan fingerprint density at radius 2 is 2.00 bits per heavy atom. The van der Waals surface area contributed by atoms with Crippen molar-refractivity contribution in [1.82, 2.24) is 14.6 Å². The summed E-state index contributed by atoms with van der Waals surface area (Å²) in [5, 5.41) is 5.15. The van der Waals surface area contributed by atoms with Crippen molar-refractivity contribution in [2.24, 2.45) is 0 Å². The van der Waals surface area contributed by atoms with Gasteiger partial charge in [0.1, 0.15) is 11.3 Å². The van der Waals surface area contributed by atoms with E-state index in [9.17, 15) is 0 Å². The molecule has 0 aliphatic rings. The Morgan fingerprint density at radius 1 is 1.33 bits per heavy atom. The maximum Gasteiger partial charge on any atom is 0.151 e. The van der Waals surface area contributed by atoms with Crippen LogP contribution in [0.5, 0.6) is 0 Å². The number of nitrogens with zero attached hydrogens (tertiary/aromatic N) is 3. The highest BCUT2D eigenvalue weighted by Gasteiger charge is 2.15. The molecule has 0 amide bonds. The molecule has 0 radical (unpaired) electrons. The highest BCUT2D eigenvalue weighted by Crippen LogP contribution is 2.28. The first-order chi connectivity index (χ1) is 7.00. The monoisotopic (exact) mass is 243 g/mol. The molecule has 5 heteroatoms. The van der Waals surface area contributed by atoms with E-state index in [0.717, 1.165) is 17.0 Å². The van der Waals surface area contributed by atoms with Crippen LogP contribution in [0.3, 0.4) is 0 Å². The van der Waals surface area contributed by atoms with Gasteiger partial charge < -0.3 is 0 Å². The number of aryl methyl sites for hydroxylation is 1. The summed E-state index contributed by atoms with van der Waals surface area (Å²) in [6, 6.07) is 1.64. The Kier molecular flexibility index (Phi) is 2.61. The lowest BCUT2D eigenvalue weighted by Gasteiger charge is -2.03. The first-order valence-electron chi connectivity index (χ1n) is 4.72. The van der Waals surface area contributed by atoms with Gasteiger partial charge >= 0.3 is 0 Å². The van der Waals surface area contributed by atoms with Crippen LogP contribution in [0.15, 0.2) is 6.07 Å². The third-order valence-corrected chi connectivity index (χ3v) is 2.73. The van der Waals surface area contributed by atoms with E-state index < -0.39 is 0 Å². The summed E-state index contributed by atoms with van der Waals surface area (Å²) in [5.74, 6) is 1.12. The van der Waals surface area contributed by atoms with Crippen LogP contribution in [0.1, 0.15) is 31.3 Å². The first kappa shape index (κ1) is 10.7. The average Bonchev–Trinajstić information content (AvgIpc) is 2.44. The fourth-order valence-electron chi connectivity index (χ4n) is 1.59. The van der Waals surface area contributed by atoms with Crippen molar-refractivity contribution in [3.63, 3.8) is 0 Å². The molecule has 0 atom stereocenters. The van der Waals surface area contributed by atoms with Crippen LogP contribution >= 0.6 is 23.2 Å². The number of fused-ring (bicyclic) bond motifs is 1. The fraction of sp³-hybridized carbons (Fsp3) is 0.400. The molecular weight excluding hydrogens is 233 g/mol. The molecule has 0 bridgehead atoms. The lowest BCUT2D eigenvalue weighted by atomic mass is 10.1. The van der Waals surface area contributed by atoms with Crippen LogP contribution in [0.2, 0.25) is 10.2 Å². The van der Waals surface area contributed by atoms with Gasteiger partial charge in [-0.2, -0.15) is 5.10 Å². The van der Waals surface area contributed by atoms with Gasteiger partial charge in [-0.3, -0.25) is 0 Å². The van der Waals surface area contributed by atoms with Crippen LogP contribution in [0, 0.1) is 6.92 Å². The fourth-order valence-corrected chi connectivity index (χ4v) is 2.11. The molecule has 0 saturated carbocycles. The summed E-state index contributed by atoms with van der Waals surface area (Å²) < 4.78 is 1.69. The van der Waals surface area contributed by atoms with Crippen LogP contribution in [0.25, 0.3) is 5.52 Å². The summed E-state index contributed by atoms with van der Waals surface area (Å²) in [6.45, 7) is 6.04. The Labute approximate surface area is 98.0 Å². The smallest absolute Gasteiger partial charge is 0.151 e. The maximum absolute atomic E-state index is 6.14. The number of rotatable bonds is 1. The normalized spacial score (nSPS) is 11.6. The SMILES string of the molecule is Cc1nc(C(C)C)c2c(Cl)cc(Cl)nn12. The molecule has 0 fully saturated rings. The van der Waals surface area contributed by atoms with Gasteiger partial charge in [0.05, 0.1) is 10.7 Å². The van der Waals surface area contributed by atoms with E-state index in [0.29, 0.717) is 16.1 Å². The molecule has 0 spiro atoms. The minimum absolute atomic E-state index is 0.314. The molecule has 0 aromatic carbocycles. The maximum atomic E-state index is 6.14. The molecule has 15 heavy (non-hydrogen) atoms. The van der Waals surface area contributed by atoms with Crippen molar-refractivity contribution in [2.75, 3.05) is 0 Å². The second-order valence-electron chi connectivity index (χ2n) is 3.77.